The zero-order valence-corrected chi connectivity index (χ0v) is 10.8. The average molecular weight is 213 g/mol. The summed E-state index contributed by atoms with van der Waals surface area (Å²) in [5.41, 5.74) is 0.171. The summed E-state index contributed by atoms with van der Waals surface area (Å²) in [5.74, 6) is 0.645. The summed E-state index contributed by atoms with van der Waals surface area (Å²) in [6.45, 7) is 10.3. The Morgan fingerprint density at radius 3 is 2.27 bits per heavy atom. The van der Waals surface area contributed by atoms with Gasteiger partial charge in [0.05, 0.1) is 6.61 Å². The molecule has 2 heteroatoms. The molecule has 1 aliphatic rings. The van der Waals surface area contributed by atoms with Crippen LogP contribution in [0.15, 0.2) is 0 Å². The van der Waals surface area contributed by atoms with E-state index < -0.39 is 0 Å². The first kappa shape index (κ1) is 13.0. The maximum atomic E-state index is 9.73. The maximum absolute atomic E-state index is 9.73. The van der Waals surface area contributed by atoms with E-state index in [0.29, 0.717) is 5.92 Å². The van der Waals surface area contributed by atoms with Gasteiger partial charge in [0.2, 0.25) is 0 Å². The van der Waals surface area contributed by atoms with E-state index in [0.717, 1.165) is 13.0 Å². The number of rotatable bonds is 4. The highest BCUT2D eigenvalue weighted by Gasteiger charge is 2.45. The molecule has 1 rings (SSSR count). The molecule has 2 nitrogen and oxygen atoms in total. The standard InChI is InChI=1S/C13H27NO/c1-11(2)9-14-13(10-15)8-6-5-7-12(13,3)4/h11,14-15H,5-10H2,1-4H3. The highest BCUT2D eigenvalue weighted by atomic mass is 16.3. The second kappa shape index (κ2) is 4.84. The van der Waals surface area contributed by atoms with Crippen LogP contribution in [0.2, 0.25) is 0 Å². The molecule has 0 aromatic heterocycles. The van der Waals surface area contributed by atoms with Crippen LogP contribution in [0.3, 0.4) is 0 Å². The van der Waals surface area contributed by atoms with E-state index >= 15 is 0 Å². The number of hydrogen-bond acceptors (Lipinski definition) is 2. The van der Waals surface area contributed by atoms with Gasteiger partial charge in [0.1, 0.15) is 0 Å². The molecule has 0 bridgehead atoms. The number of nitrogens with one attached hydrogen (secondary N) is 1. The van der Waals surface area contributed by atoms with Gasteiger partial charge >= 0.3 is 0 Å². The fraction of sp³-hybridized carbons (Fsp3) is 1.00. The molecule has 2 N–H and O–H groups in total. The molecule has 0 amide bonds. The molecule has 1 saturated carbocycles. The lowest BCUT2D eigenvalue weighted by Crippen LogP contribution is -2.61. The minimum absolute atomic E-state index is 0.0461. The van der Waals surface area contributed by atoms with Crippen molar-refractivity contribution >= 4 is 0 Å². The van der Waals surface area contributed by atoms with Gasteiger partial charge in [-0.15, -0.1) is 0 Å². The summed E-state index contributed by atoms with van der Waals surface area (Å²) in [5, 5.41) is 13.4. The van der Waals surface area contributed by atoms with E-state index in [1.165, 1.54) is 19.3 Å². The summed E-state index contributed by atoms with van der Waals surface area (Å²) in [6.07, 6.45) is 4.88. The van der Waals surface area contributed by atoms with Crippen molar-refractivity contribution in [3.8, 4) is 0 Å². The average Bonchev–Trinajstić information content (AvgIpc) is 2.16. The maximum Gasteiger partial charge on any atom is 0.0618 e. The lowest BCUT2D eigenvalue weighted by atomic mass is 9.63. The smallest absolute Gasteiger partial charge is 0.0618 e. The second-order valence-corrected chi connectivity index (χ2v) is 6.11. The van der Waals surface area contributed by atoms with E-state index in [9.17, 15) is 5.11 Å². The van der Waals surface area contributed by atoms with E-state index in [1.807, 2.05) is 0 Å². The Hall–Kier alpha value is -0.0800. The van der Waals surface area contributed by atoms with Crippen LogP contribution in [0.25, 0.3) is 0 Å². The van der Waals surface area contributed by atoms with Crippen LogP contribution in [0.1, 0.15) is 53.4 Å². The Bertz CT molecular complexity index is 201. The Balaban J connectivity index is 2.71. The molecule has 1 aliphatic carbocycles. The molecular weight excluding hydrogens is 186 g/mol. The molecule has 0 heterocycles. The number of aliphatic hydroxyl groups is 1. The molecule has 0 aromatic carbocycles. The van der Waals surface area contributed by atoms with Crippen LogP contribution < -0.4 is 5.32 Å². The predicted molar refractivity (Wildman–Crippen MR) is 64.9 cm³/mol. The van der Waals surface area contributed by atoms with Gasteiger partial charge in [-0.25, -0.2) is 0 Å². The molecule has 1 fully saturated rings. The van der Waals surface area contributed by atoms with Gasteiger partial charge in [-0.05, 0) is 30.7 Å². The molecule has 0 radical (unpaired) electrons. The van der Waals surface area contributed by atoms with Crippen molar-refractivity contribution in [3.05, 3.63) is 0 Å². The fourth-order valence-electron chi connectivity index (χ4n) is 2.65. The molecule has 90 valence electrons. The minimum Gasteiger partial charge on any atom is -0.394 e. The Morgan fingerprint density at radius 1 is 1.20 bits per heavy atom. The largest absolute Gasteiger partial charge is 0.394 e. The minimum atomic E-state index is -0.0461. The van der Waals surface area contributed by atoms with Crippen molar-refractivity contribution in [3.63, 3.8) is 0 Å². The molecule has 15 heavy (non-hydrogen) atoms. The van der Waals surface area contributed by atoms with E-state index in [4.69, 9.17) is 0 Å². The lowest BCUT2D eigenvalue weighted by molar-refractivity contribution is 0.00892. The molecular formula is C13H27NO. The van der Waals surface area contributed by atoms with Crippen LogP contribution in [0.5, 0.6) is 0 Å². The summed E-state index contributed by atoms with van der Waals surface area (Å²) >= 11 is 0. The molecule has 1 unspecified atom stereocenters. The van der Waals surface area contributed by atoms with Crippen LogP contribution in [0, 0.1) is 11.3 Å². The topological polar surface area (TPSA) is 32.3 Å². The molecule has 1 atom stereocenters. The van der Waals surface area contributed by atoms with Gasteiger partial charge in [0.25, 0.3) is 0 Å². The normalized spacial score (nSPS) is 30.8. The Morgan fingerprint density at radius 2 is 1.80 bits per heavy atom. The third kappa shape index (κ3) is 2.73. The zero-order chi connectivity index (χ0) is 11.5. The molecule has 0 aromatic rings. The van der Waals surface area contributed by atoms with Crippen molar-refractivity contribution < 1.29 is 5.11 Å². The van der Waals surface area contributed by atoms with Crippen LogP contribution in [-0.4, -0.2) is 23.8 Å². The summed E-state index contributed by atoms with van der Waals surface area (Å²) < 4.78 is 0. The first-order valence-electron chi connectivity index (χ1n) is 6.29. The summed E-state index contributed by atoms with van der Waals surface area (Å²) in [7, 11) is 0. The third-order valence-corrected chi connectivity index (χ3v) is 4.07. The second-order valence-electron chi connectivity index (χ2n) is 6.11. The number of hydrogen-bond donors (Lipinski definition) is 2. The SMILES string of the molecule is CC(C)CNC1(CO)CCCCC1(C)C. The van der Waals surface area contributed by atoms with Gasteiger partial charge in [-0.3, -0.25) is 0 Å². The molecule has 0 aliphatic heterocycles. The van der Waals surface area contributed by atoms with Gasteiger partial charge in [0, 0.05) is 5.54 Å². The van der Waals surface area contributed by atoms with Gasteiger partial charge in [-0.1, -0.05) is 40.5 Å². The monoisotopic (exact) mass is 213 g/mol. The quantitative estimate of drug-likeness (QED) is 0.752. The highest BCUT2D eigenvalue weighted by molar-refractivity contribution is 5.02. The van der Waals surface area contributed by atoms with E-state index in [1.54, 1.807) is 0 Å². The van der Waals surface area contributed by atoms with Gasteiger partial charge in [-0.2, -0.15) is 0 Å². The van der Waals surface area contributed by atoms with E-state index in [2.05, 4.69) is 33.0 Å². The lowest BCUT2D eigenvalue weighted by Gasteiger charge is -2.50. The van der Waals surface area contributed by atoms with Crippen molar-refractivity contribution in [2.75, 3.05) is 13.2 Å². The predicted octanol–water partition coefficient (Wildman–Crippen LogP) is 2.56. The van der Waals surface area contributed by atoms with Crippen LogP contribution in [-0.2, 0) is 0 Å². The first-order chi connectivity index (χ1) is 6.93. The van der Waals surface area contributed by atoms with Crippen molar-refractivity contribution in [1.29, 1.82) is 0 Å². The summed E-state index contributed by atoms with van der Waals surface area (Å²) in [4.78, 5) is 0. The Kier molecular flexibility index (Phi) is 4.19. The highest BCUT2D eigenvalue weighted by Crippen LogP contribution is 2.43. The van der Waals surface area contributed by atoms with Gasteiger partial charge < -0.3 is 10.4 Å². The van der Waals surface area contributed by atoms with Gasteiger partial charge in [0.15, 0.2) is 0 Å². The zero-order valence-electron chi connectivity index (χ0n) is 10.8. The van der Waals surface area contributed by atoms with Crippen LogP contribution >= 0.6 is 0 Å². The number of aliphatic hydroxyl groups excluding tert-OH is 1. The third-order valence-electron chi connectivity index (χ3n) is 4.07. The molecule has 0 saturated heterocycles. The summed E-state index contributed by atoms with van der Waals surface area (Å²) in [6, 6.07) is 0. The van der Waals surface area contributed by atoms with Crippen molar-refractivity contribution in [2.45, 2.75) is 58.9 Å². The van der Waals surface area contributed by atoms with Crippen molar-refractivity contribution in [2.24, 2.45) is 11.3 Å². The Labute approximate surface area is 94.5 Å². The van der Waals surface area contributed by atoms with Crippen LogP contribution in [0.4, 0.5) is 0 Å². The van der Waals surface area contributed by atoms with Crippen molar-refractivity contribution in [1.82, 2.24) is 5.32 Å². The van der Waals surface area contributed by atoms with E-state index in [-0.39, 0.29) is 17.6 Å². The first-order valence-corrected chi connectivity index (χ1v) is 6.29. The molecule has 0 spiro atoms. The fourth-order valence-corrected chi connectivity index (χ4v) is 2.65.